The lowest BCUT2D eigenvalue weighted by atomic mass is 10.1. The van der Waals surface area contributed by atoms with Crippen LogP contribution in [0.15, 0.2) is 18.2 Å². The number of phenols is 2. The van der Waals surface area contributed by atoms with Gasteiger partial charge in [-0.25, -0.2) is 0 Å². The number of aryl methyl sites for hydroxylation is 1. The molecule has 4 heteroatoms. The third-order valence-electron chi connectivity index (χ3n) is 1.94. The third-order valence-corrected chi connectivity index (χ3v) is 1.94. The summed E-state index contributed by atoms with van der Waals surface area (Å²) in [6, 6.07) is 4.66. The molecule has 1 rings (SSSR count). The highest BCUT2D eigenvalue weighted by atomic mass is 16.4. The van der Waals surface area contributed by atoms with E-state index in [9.17, 15) is 9.90 Å². The number of carboxylic acid groups (broad SMARTS) is 1. The van der Waals surface area contributed by atoms with Crippen molar-refractivity contribution in [3.63, 3.8) is 0 Å². The standard InChI is InChI=1S/C10H12O4/c11-8-5-1-3-7(10(8)14)4-2-6-9(12)13/h1,3,5,11,14H,2,4,6H2,(H,12,13). The minimum Gasteiger partial charge on any atom is -0.504 e. The summed E-state index contributed by atoms with van der Waals surface area (Å²) in [5, 5.41) is 26.9. The molecule has 0 bridgehead atoms. The molecule has 0 radical (unpaired) electrons. The Labute approximate surface area is 81.4 Å². The lowest BCUT2D eigenvalue weighted by Gasteiger charge is -2.04. The van der Waals surface area contributed by atoms with E-state index >= 15 is 0 Å². The Morgan fingerprint density at radius 1 is 1.29 bits per heavy atom. The summed E-state index contributed by atoms with van der Waals surface area (Å²) in [5.74, 6) is -1.18. The normalized spacial score (nSPS) is 10.0. The third kappa shape index (κ3) is 2.65. The second kappa shape index (κ2) is 4.50. The summed E-state index contributed by atoms with van der Waals surface area (Å²) in [5.41, 5.74) is 0.575. The smallest absolute Gasteiger partial charge is 0.303 e. The van der Waals surface area contributed by atoms with Gasteiger partial charge < -0.3 is 15.3 Å². The van der Waals surface area contributed by atoms with Gasteiger partial charge in [-0.05, 0) is 24.5 Å². The van der Waals surface area contributed by atoms with Crippen molar-refractivity contribution in [1.82, 2.24) is 0 Å². The van der Waals surface area contributed by atoms with Gasteiger partial charge in [0.25, 0.3) is 0 Å². The Morgan fingerprint density at radius 2 is 2.00 bits per heavy atom. The molecule has 0 saturated carbocycles. The second-order valence-electron chi connectivity index (χ2n) is 3.03. The first-order valence-electron chi connectivity index (χ1n) is 4.33. The lowest BCUT2D eigenvalue weighted by molar-refractivity contribution is -0.137. The van der Waals surface area contributed by atoms with Crippen LogP contribution in [0.1, 0.15) is 18.4 Å². The highest BCUT2D eigenvalue weighted by Gasteiger charge is 2.06. The van der Waals surface area contributed by atoms with Crippen LogP contribution in [0.4, 0.5) is 0 Å². The largest absolute Gasteiger partial charge is 0.504 e. The van der Waals surface area contributed by atoms with Crippen molar-refractivity contribution in [2.45, 2.75) is 19.3 Å². The fraction of sp³-hybridized carbons (Fsp3) is 0.300. The average molecular weight is 196 g/mol. The van der Waals surface area contributed by atoms with Crippen LogP contribution in [-0.4, -0.2) is 21.3 Å². The van der Waals surface area contributed by atoms with Gasteiger partial charge in [0, 0.05) is 6.42 Å². The van der Waals surface area contributed by atoms with Crippen molar-refractivity contribution in [2.24, 2.45) is 0 Å². The maximum absolute atomic E-state index is 10.2. The monoisotopic (exact) mass is 196 g/mol. The Bertz CT molecular complexity index is 333. The molecule has 0 aliphatic heterocycles. The van der Waals surface area contributed by atoms with Crippen molar-refractivity contribution < 1.29 is 20.1 Å². The topological polar surface area (TPSA) is 77.8 Å². The zero-order valence-corrected chi connectivity index (χ0v) is 7.60. The van der Waals surface area contributed by atoms with Gasteiger partial charge in [-0.15, -0.1) is 0 Å². The molecular weight excluding hydrogens is 184 g/mol. The first-order chi connectivity index (χ1) is 6.61. The van der Waals surface area contributed by atoms with Gasteiger partial charge in [0.05, 0.1) is 0 Å². The van der Waals surface area contributed by atoms with Gasteiger partial charge in [0.15, 0.2) is 11.5 Å². The molecular formula is C10H12O4. The Morgan fingerprint density at radius 3 is 2.64 bits per heavy atom. The zero-order valence-electron chi connectivity index (χ0n) is 7.60. The van der Waals surface area contributed by atoms with Crippen LogP contribution in [0.5, 0.6) is 11.5 Å². The van der Waals surface area contributed by atoms with Crippen molar-refractivity contribution in [3.8, 4) is 11.5 Å². The minimum absolute atomic E-state index is 0.0646. The van der Waals surface area contributed by atoms with Crippen molar-refractivity contribution in [3.05, 3.63) is 23.8 Å². The van der Waals surface area contributed by atoms with Gasteiger partial charge in [-0.3, -0.25) is 4.79 Å². The van der Waals surface area contributed by atoms with Crippen molar-refractivity contribution >= 4 is 5.97 Å². The number of carbonyl (C=O) groups is 1. The van der Waals surface area contributed by atoms with Crippen LogP contribution in [0.2, 0.25) is 0 Å². The second-order valence-corrected chi connectivity index (χ2v) is 3.03. The minimum atomic E-state index is -0.857. The molecule has 3 N–H and O–H groups in total. The van der Waals surface area contributed by atoms with Gasteiger partial charge in [-0.2, -0.15) is 0 Å². The van der Waals surface area contributed by atoms with E-state index in [1.807, 2.05) is 0 Å². The molecule has 4 nitrogen and oxygen atoms in total. The van der Waals surface area contributed by atoms with Gasteiger partial charge in [0.1, 0.15) is 0 Å². The summed E-state index contributed by atoms with van der Waals surface area (Å²) >= 11 is 0. The molecule has 1 aromatic rings. The van der Waals surface area contributed by atoms with Gasteiger partial charge in [0.2, 0.25) is 0 Å². The number of carboxylic acids is 1. The van der Waals surface area contributed by atoms with Crippen LogP contribution < -0.4 is 0 Å². The van der Waals surface area contributed by atoms with E-state index < -0.39 is 5.97 Å². The number of hydrogen-bond donors (Lipinski definition) is 3. The maximum atomic E-state index is 10.2. The van der Waals surface area contributed by atoms with E-state index in [0.29, 0.717) is 18.4 Å². The molecule has 0 amide bonds. The molecule has 0 saturated heterocycles. The van der Waals surface area contributed by atoms with Crippen molar-refractivity contribution in [1.29, 1.82) is 0 Å². The van der Waals surface area contributed by atoms with E-state index in [1.54, 1.807) is 12.1 Å². The first kappa shape index (κ1) is 10.4. The number of benzene rings is 1. The highest BCUT2D eigenvalue weighted by Crippen LogP contribution is 2.29. The van der Waals surface area contributed by atoms with Gasteiger partial charge >= 0.3 is 5.97 Å². The molecule has 0 spiro atoms. The van der Waals surface area contributed by atoms with E-state index in [2.05, 4.69) is 0 Å². The summed E-state index contributed by atoms with van der Waals surface area (Å²) in [6.07, 6.45) is 0.966. The average Bonchev–Trinajstić information content (AvgIpc) is 2.12. The molecule has 14 heavy (non-hydrogen) atoms. The molecule has 1 aromatic carbocycles. The fourth-order valence-corrected chi connectivity index (χ4v) is 1.21. The van der Waals surface area contributed by atoms with E-state index in [-0.39, 0.29) is 17.9 Å². The molecule has 0 aliphatic rings. The highest BCUT2D eigenvalue weighted by molar-refractivity contribution is 5.66. The Kier molecular flexibility index (Phi) is 3.34. The SMILES string of the molecule is O=C(O)CCCc1cccc(O)c1O. The lowest BCUT2D eigenvalue weighted by Crippen LogP contribution is -1.96. The van der Waals surface area contributed by atoms with Crippen LogP contribution >= 0.6 is 0 Å². The number of phenolic OH excluding ortho intramolecular Hbond substituents is 2. The summed E-state index contributed by atoms with van der Waals surface area (Å²) < 4.78 is 0. The van der Waals surface area contributed by atoms with Crippen molar-refractivity contribution in [2.75, 3.05) is 0 Å². The number of aromatic hydroxyl groups is 2. The quantitative estimate of drug-likeness (QED) is 0.638. The maximum Gasteiger partial charge on any atom is 0.303 e. The van der Waals surface area contributed by atoms with Gasteiger partial charge in [-0.1, -0.05) is 12.1 Å². The predicted molar refractivity (Wildman–Crippen MR) is 50.3 cm³/mol. The first-order valence-corrected chi connectivity index (χ1v) is 4.33. The van der Waals surface area contributed by atoms with Crippen LogP contribution in [0, 0.1) is 0 Å². The Balaban J connectivity index is 2.59. The van der Waals surface area contributed by atoms with E-state index in [0.717, 1.165) is 0 Å². The fourth-order valence-electron chi connectivity index (χ4n) is 1.21. The molecule has 0 unspecified atom stereocenters. The predicted octanol–water partition coefficient (Wildman–Crippen LogP) is 1.51. The molecule has 0 aliphatic carbocycles. The molecule has 0 atom stereocenters. The molecule has 76 valence electrons. The summed E-state index contributed by atoms with van der Waals surface area (Å²) in [6.45, 7) is 0. The van der Waals surface area contributed by atoms with Crippen LogP contribution in [0.25, 0.3) is 0 Å². The van der Waals surface area contributed by atoms with Crippen LogP contribution in [-0.2, 0) is 11.2 Å². The number of rotatable bonds is 4. The van der Waals surface area contributed by atoms with Crippen LogP contribution in [0.3, 0.4) is 0 Å². The summed E-state index contributed by atoms with van der Waals surface area (Å²) in [7, 11) is 0. The molecule has 0 fully saturated rings. The molecule has 0 heterocycles. The number of para-hydroxylation sites is 1. The van der Waals surface area contributed by atoms with E-state index in [1.165, 1.54) is 6.07 Å². The Hall–Kier alpha value is -1.71. The molecule has 0 aromatic heterocycles. The zero-order chi connectivity index (χ0) is 10.6. The number of hydrogen-bond acceptors (Lipinski definition) is 3. The number of aliphatic carboxylic acids is 1. The summed E-state index contributed by atoms with van der Waals surface area (Å²) in [4.78, 5) is 10.2. The van der Waals surface area contributed by atoms with E-state index in [4.69, 9.17) is 10.2 Å².